The van der Waals surface area contributed by atoms with Crippen LogP contribution < -0.4 is 15.5 Å². The fraction of sp³-hybridized carbons (Fsp3) is 0.250. The molecule has 0 spiro atoms. The van der Waals surface area contributed by atoms with Gasteiger partial charge < -0.3 is 20.3 Å². The van der Waals surface area contributed by atoms with Gasteiger partial charge in [-0.25, -0.2) is 4.39 Å². The molecule has 3 aromatic rings. The highest BCUT2D eigenvalue weighted by Crippen LogP contribution is 2.24. The van der Waals surface area contributed by atoms with Crippen LogP contribution in [0.1, 0.15) is 5.56 Å². The molecule has 4 rings (SSSR count). The van der Waals surface area contributed by atoms with Crippen molar-refractivity contribution in [3.8, 4) is 0 Å². The number of hydrogen-bond donors (Lipinski definition) is 2. The van der Waals surface area contributed by atoms with Gasteiger partial charge in [-0.05, 0) is 42.8 Å². The van der Waals surface area contributed by atoms with Crippen LogP contribution >= 0.6 is 11.6 Å². The standard InChI is InChI=1S/C20H20ClFN6O/c1-13-3-2-4-14(11-13)23-18-25-19(24-15-5-6-17(22)16(21)12-15)27-20(26-18)28-7-9-29-10-8-28/h2-6,11-12H,7-10H2,1H3,(H2,23,24,25,26,27). The van der Waals surface area contributed by atoms with Gasteiger partial charge in [0.15, 0.2) is 0 Å². The van der Waals surface area contributed by atoms with Crippen molar-refractivity contribution in [3.63, 3.8) is 0 Å². The van der Waals surface area contributed by atoms with E-state index in [9.17, 15) is 4.39 Å². The molecule has 29 heavy (non-hydrogen) atoms. The van der Waals surface area contributed by atoms with Gasteiger partial charge in [-0.15, -0.1) is 0 Å². The molecule has 2 heterocycles. The van der Waals surface area contributed by atoms with Gasteiger partial charge in [-0.2, -0.15) is 15.0 Å². The predicted molar refractivity (Wildman–Crippen MR) is 112 cm³/mol. The third kappa shape index (κ3) is 4.90. The van der Waals surface area contributed by atoms with Crippen LogP contribution in [0.4, 0.5) is 33.6 Å². The summed E-state index contributed by atoms with van der Waals surface area (Å²) in [5, 5.41) is 6.33. The lowest BCUT2D eigenvalue weighted by molar-refractivity contribution is 0.122. The van der Waals surface area contributed by atoms with Crippen LogP contribution in [-0.2, 0) is 4.74 Å². The van der Waals surface area contributed by atoms with Crippen LogP contribution in [0.5, 0.6) is 0 Å². The van der Waals surface area contributed by atoms with Gasteiger partial charge in [-0.3, -0.25) is 0 Å². The van der Waals surface area contributed by atoms with Gasteiger partial charge in [0.05, 0.1) is 18.2 Å². The Morgan fingerprint density at radius 3 is 2.31 bits per heavy atom. The van der Waals surface area contributed by atoms with Crippen molar-refractivity contribution < 1.29 is 9.13 Å². The van der Waals surface area contributed by atoms with Crippen LogP contribution in [0.25, 0.3) is 0 Å². The first kappa shape index (κ1) is 19.4. The molecular formula is C20H20ClFN6O. The molecule has 0 amide bonds. The first-order valence-corrected chi connectivity index (χ1v) is 9.59. The van der Waals surface area contributed by atoms with Crippen molar-refractivity contribution in [1.82, 2.24) is 15.0 Å². The van der Waals surface area contributed by atoms with E-state index in [4.69, 9.17) is 16.3 Å². The number of halogens is 2. The zero-order chi connectivity index (χ0) is 20.2. The largest absolute Gasteiger partial charge is 0.378 e. The molecule has 1 aliphatic rings. The minimum atomic E-state index is -0.483. The van der Waals surface area contributed by atoms with E-state index in [1.807, 2.05) is 36.1 Å². The van der Waals surface area contributed by atoms with Crippen LogP contribution in [-0.4, -0.2) is 41.3 Å². The number of anilines is 5. The number of aryl methyl sites for hydroxylation is 1. The summed E-state index contributed by atoms with van der Waals surface area (Å²) in [4.78, 5) is 15.6. The van der Waals surface area contributed by atoms with Crippen LogP contribution in [0.3, 0.4) is 0 Å². The fourth-order valence-corrected chi connectivity index (χ4v) is 3.12. The number of nitrogens with one attached hydrogen (secondary N) is 2. The van der Waals surface area contributed by atoms with Gasteiger partial charge in [0, 0.05) is 24.5 Å². The molecule has 0 radical (unpaired) electrons. The van der Waals surface area contributed by atoms with E-state index in [0.717, 1.165) is 11.3 Å². The Kier molecular flexibility index (Phi) is 5.73. The molecule has 2 N–H and O–H groups in total. The molecule has 0 bridgehead atoms. The Hall–Kier alpha value is -2.97. The van der Waals surface area contributed by atoms with E-state index in [0.29, 0.717) is 49.8 Å². The van der Waals surface area contributed by atoms with Crippen molar-refractivity contribution in [2.75, 3.05) is 41.8 Å². The van der Waals surface area contributed by atoms with Crippen LogP contribution in [0.15, 0.2) is 42.5 Å². The molecule has 0 unspecified atom stereocenters. The lowest BCUT2D eigenvalue weighted by Crippen LogP contribution is -2.37. The zero-order valence-electron chi connectivity index (χ0n) is 15.8. The van der Waals surface area contributed by atoms with Crippen LogP contribution in [0.2, 0.25) is 5.02 Å². The first-order chi connectivity index (χ1) is 14.1. The number of morpholine rings is 1. The summed E-state index contributed by atoms with van der Waals surface area (Å²) >= 11 is 5.88. The highest BCUT2D eigenvalue weighted by atomic mass is 35.5. The summed E-state index contributed by atoms with van der Waals surface area (Å²) in [6.45, 7) is 4.62. The van der Waals surface area contributed by atoms with Crippen molar-refractivity contribution in [2.45, 2.75) is 6.92 Å². The summed E-state index contributed by atoms with van der Waals surface area (Å²) in [6.07, 6.45) is 0. The molecule has 1 aromatic heterocycles. The molecule has 1 fully saturated rings. The maximum Gasteiger partial charge on any atom is 0.233 e. The summed E-state index contributed by atoms with van der Waals surface area (Å²) < 4.78 is 18.9. The minimum Gasteiger partial charge on any atom is -0.378 e. The number of benzene rings is 2. The normalized spacial score (nSPS) is 14.0. The van der Waals surface area contributed by atoms with E-state index in [1.54, 1.807) is 6.07 Å². The van der Waals surface area contributed by atoms with Gasteiger partial charge in [0.25, 0.3) is 0 Å². The third-order valence-corrected chi connectivity index (χ3v) is 4.66. The maximum atomic E-state index is 13.5. The zero-order valence-corrected chi connectivity index (χ0v) is 16.6. The smallest absolute Gasteiger partial charge is 0.233 e. The molecule has 0 saturated carbocycles. The monoisotopic (exact) mass is 414 g/mol. The summed E-state index contributed by atoms with van der Waals surface area (Å²) in [7, 11) is 0. The van der Waals surface area contributed by atoms with Gasteiger partial charge in [-0.1, -0.05) is 23.7 Å². The third-order valence-electron chi connectivity index (χ3n) is 4.37. The number of aromatic nitrogens is 3. The topological polar surface area (TPSA) is 75.2 Å². The molecule has 7 nitrogen and oxygen atoms in total. The second-order valence-corrected chi connectivity index (χ2v) is 7.04. The average Bonchev–Trinajstić information content (AvgIpc) is 2.71. The SMILES string of the molecule is Cc1cccc(Nc2nc(Nc3ccc(F)c(Cl)c3)nc(N3CCOCC3)n2)c1. The highest BCUT2D eigenvalue weighted by Gasteiger charge is 2.17. The minimum absolute atomic E-state index is 0.0237. The number of rotatable bonds is 5. The second-order valence-electron chi connectivity index (χ2n) is 6.63. The maximum absolute atomic E-state index is 13.5. The summed E-state index contributed by atoms with van der Waals surface area (Å²) in [5.41, 5.74) is 2.58. The molecule has 150 valence electrons. The lowest BCUT2D eigenvalue weighted by Gasteiger charge is -2.27. The second kappa shape index (κ2) is 8.59. The number of nitrogens with zero attached hydrogens (tertiary/aromatic N) is 4. The summed E-state index contributed by atoms with van der Waals surface area (Å²) in [6, 6.07) is 12.3. The van der Waals surface area contributed by atoms with Crippen molar-refractivity contribution in [2.24, 2.45) is 0 Å². The molecule has 9 heteroatoms. The van der Waals surface area contributed by atoms with E-state index in [-0.39, 0.29) is 5.02 Å². The van der Waals surface area contributed by atoms with E-state index in [2.05, 4.69) is 25.6 Å². The van der Waals surface area contributed by atoms with E-state index >= 15 is 0 Å². The Bertz CT molecular complexity index is 1010. The lowest BCUT2D eigenvalue weighted by atomic mass is 10.2. The molecule has 1 saturated heterocycles. The molecule has 0 atom stereocenters. The Morgan fingerprint density at radius 2 is 1.66 bits per heavy atom. The average molecular weight is 415 g/mol. The first-order valence-electron chi connectivity index (χ1n) is 9.21. The van der Waals surface area contributed by atoms with Crippen molar-refractivity contribution in [3.05, 3.63) is 58.9 Å². The molecule has 1 aliphatic heterocycles. The molecular weight excluding hydrogens is 395 g/mol. The predicted octanol–water partition coefficient (Wildman–Crippen LogP) is 4.30. The Balaban J connectivity index is 1.65. The van der Waals surface area contributed by atoms with Crippen LogP contribution in [0, 0.1) is 12.7 Å². The number of ether oxygens (including phenoxy) is 1. The quantitative estimate of drug-likeness (QED) is 0.644. The van der Waals surface area contributed by atoms with Crippen molar-refractivity contribution >= 4 is 40.8 Å². The number of hydrogen-bond acceptors (Lipinski definition) is 7. The molecule has 0 aliphatic carbocycles. The fourth-order valence-electron chi connectivity index (χ4n) is 2.94. The Labute approximate surface area is 172 Å². The van der Waals surface area contributed by atoms with Gasteiger partial charge in [0.2, 0.25) is 17.8 Å². The van der Waals surface area contributed by atoms with E-state index in [1.165, 1.54) is 12.1 Å². The summed E-state index contributed by atoms with van der Waals surface area (Å²) in [5.74, 6) is 0.792. The van der Waals surface area contributed by atoms with Crippen molar-refractivity contribution in [1.29, 1.82) is 0 Å². The molecule has 2 aromatic carbocycles. The van der Waals surface area contributed by atoms with E-state index < -0.39 is 5.82 Å². The van der Waals surface area contributed by atoms with Gasteiger partial charge >= 0.3 is 0 Å². The van der Waals surface area contributed by atoms with Gasteiger partial charge in [0.1, 0.15) is 5.82 Å². The highest BCUT2D eigenvalue weighted by molar-refractivity contribution is 6.31. The Morgan fingerprint density at radius 1 is 0.966 bits per heavy atom.